The number of nitrogens with two attached hydrogens (primary N) is 1. The Bertz CT molecular complexity index is 378. The maximum atomic E-state index is 5.64. The normalized spacial score (nSPS) is 21.4. The predicted molar refractivity (Wildman–Crippen MR) is 69.9 cm³/mol. The first-order valence-electron chi connectivity index (χ1n) is 6.51. The molecule has 94 valence electrons. The third-order valence-corrected chi connectivity index (χ3v) is 3.60. The van der Waals surface area contributed by atoms with Crippen LogP contribution in [0.3, 0.4) is 0 Å². The second kappa shape index (κ2) is 5.45. The summed E-state index contributed by atoms with van der Waals surface area (Å²) in [5, 5.41) is 0. The zero-order valence-electron chi connectivity index (χ0n) is 10.8. The average Bonchev–Trinajstić information content (AvgIpc) is 2.54. The maximum absolute atomic E-state index is 5.64. The minimum Gasteiger partial charge on any atom is -0.338 e. The van der Waals surface area contributed by atoms with E-state index in [2.05, 4.69) is 21.8 Å². The van der Waals surface area contributed by atoms with E-state index in [1.807, 2.05) is 13.1 Å². The molecule has 2 rings (SSSR count). The first kappa shape index (κ1) is 12.3. The minimum atomic E-state index is 0.516. The molecule has 0 bridgehead atoms. The molecule has 17 heavy (non-hydrogen) atoms. The van der Waals surface area contributed by atoms with E-state index in [0.29, 0.717) is 12.6 Å². The summed E-state index contributed by atoms with van der Waals surface area (Å²) in [6.45, 7) is 5.86. The Balaban J connectivity index is 2.22. The van der Waals surface area contributed by atoms with Crippen LogP contribution >= 0.6 is 0 Å². The van der Waals surface area contributed by atoms with Gasteiger partial charge in [-0.3, -0.25) is 0 Å². The van der Waals surface area contributed by atoms with Gasteiger partial charge in [0.2, 0.25) is 5.95 Å². The molecule has 2 N–H and O–H groups in total. The van der Waals surface area contributed by atoms with Crippen LogP contribution in [0.4, 0.5) is 5.95 Å². The van der Waals surface area contributed by atoms with Crippen molar-refractivity contribution < 1.29 is 0 Å². The highest BCUT2D eigenvalue weighted by molar-refractivity contribution is 5.34. The van der Waals surface area contributed by atoms with Crippen molar-refractivity contribution >= 4 is 5.95 Å². The molecule has 1 aliphatic heterocycles. The van der Waals surface area contributed by atoms with Gasteiger partial charge in [-0.2, -0.15) is 0 Å². The van der Waals surface area contributed by atoms with E-state index < -0.39 is 0 Å². The highest BCUT2D eigenvalue weighted by atomic mass is 15.3. The molecule has 1 saturated heterocycles. The average molecular weight is 234 g/mol. The van der Waals surface area contributed by atoms with Gasteiger partial charge in [0.15, 0.2) is 0 Å². The number of rotatable bonds is 2. The lowest BCUT2D eigenvalue weighted by molar-refractivity contribution is 0.603. The van der Waals surface area contributed by atoms with Crippen LogP contribution in [0.5, 0.6) is 0 Å². The van der Waals surface area contributed by atoms with Crippen molar-refractivity contribution in [2.75, 3.05) is 11.4 Å². The zero-order valence-corrected chi connectivity index (χ0v) is 10.8. The molecular formula is C13H22N4. The molecule has 4 heteroatoms. The highest BCUT2D eigenvalue weighted by Gasteiger charge is 2.19. The van der Waals surface area contributed by atoms with Crippen LogP contribution < -0.4 is 10.6 Å². The van der Waals surface area contributed by atoms with Crippen molar-refractivity contribution in [3.05, 3.63) is 17.5 Å². The lowest BCUT2D eigenvalue weighted by Gasteiger charge is -2.27. The van der Waals surface area contributed by atoms with Crippen LogP contribution in [-0.4, -0.2) is 22.6 Å². The van der Waals surface area contributed by atoms with Gasteiger partial charge >= 0.3 is 0 Å². The van der Waals surface area contributed by atoms with Crippen LogP contribution in [0.2, 0.25) is 0 Å². The standard InChI is InChI=1S/C13H22N4/c1-10-6-4-3-5-7-17(10)13-15-9-12(8-14)11(2)16-13/h9-10H,3-8,14H2,1-2H3. The maximum Gasteiger partial charge on any atom is 0.225 e. The van der Waals surface area contributed by atoms with Gasteiger partial charge in [-0.05, 0) is 26.7 Å². The molecule has 1 unspecified atom stereocenters. The minimum absolute atomic E-state index is 0.516. The Morgan fingerprint density at radius 1 is 1.41 bits per heavy atom. The van der Waals surface area contributed by atoms with Crippen LogP contribution in [0.15, 0.2) is 6.20 Å². The second-order valence-electron chi connectivity index (χ2n) is 4.88. The lowest BCUT2D eigenvalue weighted by atomic mass is 10.1. The van der Waals surface area contributed by atoms with Gasteiger partial charge in [0.05, 0.1) is 0 Å². The van der Waals surface area contributed by atoms with Gasteiger partial charge < -0.3 is 10.6 Å². The Hall–Kier alpha value is -1.16. The van der Waals surface area contributed by atoms with Gasteiger partial charge in [0.25, 0.3) is 0 Å². The first-order valence-corrected chi connectivity index (χ1v) is 6.51. The van der Waals surface area contributed by atoms with Crippen molar-refractivity contribution in [1.82, 2.24) is 9.97 Å². The van der Waals surface area contributed by atoms with Gasteiger partial charge in [0.1, 0.15) is 0 Å². The molecule has 1 atom stereocenters. The molecule has 0 spiro atoms. The zero-order chi connectivity index (χ0) is 12.3. The van der Waals surface area contributed by atoms with Gasteiger partial charge in [-0.15, -0.1) is 0 Å². The second-order valence-corrected chi connectivity index (χ2v) is 4.88. The summed E-state index contributed by atoms with van der Waals surface area (Å²) >= 11 is 0. The number of hydrogen-bond acceptors (Lipinski definition) is 4. The molecule has 1 aromatic heterocycles. The molecule has 1 aromatic rings. The number of nitrogens with zero attached hydrogens (tertiary/aromatic N) is 3. The van der Waals surface area contributed by atoms with Gasteiger partial charge in [-0.25, -0.2) is 9.97 Å². The van der Waals surface area contributed by atoms with Crippen LogP contribution in [0.25, 0.3) is 0 Å². The summed E-state index contributed by atoms with van der Waals surface area (Å²) in [5.41, 5.74) is 7.68. The summed E-state index contributed by atoms with van der Waals surface area (Å²) in [7, 11) is 0. The number of aromatic nitrogens is 2. The van der Waals surface area contributed by atoms with E-state index in [1.54, 1.807) is 0 Å². The van der Waals surface area contributed by atoms with Crippen molar-refractivity contribution in [3.8, 4) is 0 Å². The molecule has 0 aliphatic carbocycles. The predicted octanol–water partition coefficient (Wildman–Crippen LogP) is 2.01. The topological polar surface area (TPSA) is 55.0 Å². The van der Waals surface area contributed by atoms with Crippen molar-refractivity contribution in [3.63, 3.8) is 0 Å². The van der Waals surface area contributed by atoms with E-state index >= 15 is 0 Å². The summed E-state index contributed by atoms with van der Waals surface area (Å²) < 4.78 is 0. The Labute approximate surface area is 103 Å². The SMILES string of the molecule is Cc1nc(N2CCCCCC2C)ncc1CN. The fourth-order valence-corrected chi connectivity index (χ4v) is 2.39. The van der Waals surface area contributed by atoms with E-state index in [9.17, 15) is 0 Å². The van der Waals surface area contributed by atoms with E-state index in [4.69, 9.17) is 5.73 Å². The van der Waals surface area contributed by atoms with Crippen LogP contribution in [0, 0.1) is 6.92 Å². The fourth-order valence-electron chi connectivity index (χ4n) is 2.39. The molecular weight excluding hydrogens is 212 g/mol. The van der Waals surface area contributed by atoms with E-state index in [1.165, 1.54) is 25.7 Å². The number of anilines is 1. The molecule has 0 aromatic carbocycles. The lowest BCUT2D eigenvalue weighted by Crippen LogP contribution is -2.34. The Kier molecular flexibility index (Phi) is 3.94. The van der Waals surface area contributed by atoms with Crippen LogP contribution in [0.1, 0.15) is 43.9 Å². The first-order chi connectivity index (χ1) is 8.22. The third-order valence-electron chi connectivity index (χ3n) is 3.60. The molecule has 4 nitrogen and oxygen atoms in total. The number of aryl methyl sites for hydroxylation is 1. The van der Waals surface area contributed by atoms with Crippen molar-refractivity contribution in [2.45, 2.75) is 52.1 Å². The molecule has 0 saturated carbocycles. The summed E-state index contributed by atoms with van der Waals surface area (Å²) in [6, 6.07) is 0.542. The molecule has 0 amide bonds. The highest BCUT2D eigenvalue weighted by Crippen LogP contribution is 2.21. The summed E-state index contributed by atoms with van der Waals surface area (Å²) in [4.78, 5) is 11.4. The Morgan fingerprint density at radius 3 is 2.94 bits per heavy atom. The molecule has 1 aliphatic rings. The molecule has 1 fully saturated rings. The monoisotopic (exact) mass is 234 g/mol. The smallest absolute Gasteiger partial charge is 0.225 e. The number of hydrogen-bond donors (Lipinski definition) is 1. The summed E-state index contributed by atoms with van der Waals surface area (Å²) in [5.74, 6) is 0.870. The largest absolute Gasteiger partial charge is 0.338 e. The van der Waals surface area contributed by atoms with Crippen LogP contribution in [-0.2, 0) is 6.54 Å². The van der Waals surface area contributed by atoms with Crippen molar-refractivity contribution in [1.29, 1.82) is 0 Å². The Morgan fingerprint density at radius 2 is 2.24 bits per heavy atom. The molecule has 0 radical (unpaired) electrons. The molecule has 2 heterocycles. The van der Waals surface area contributed by atoms with Gasteiger partial charge in [-0.1, -0.05) is 12.8 Å². The van der Waals surface area contributed by atoms with E-state index in [-0.39, 0.29) is 0 Å². The summed E-state index contributed by atoms with van der Waals surface area (Å²) in [6.07, 6.45) is 6.99. The van der Waals surface area contributed by atoms with E-state index in [0.717, 1.165) is 23.8 Å². The third kappa shape index (κ3) is 2.75. The van der Waals surface area contributed by atoms with Gasteiger partial charge in [0, 0.05) is 36.6 Å². The fraction of sp³-hybridized carbons (Fsp3) is 0.692. The quantitative estimate of drug-likeness (QED) is 0.850. The van der Waals surface area contributed by atoms with Crippen molar-refractivity contribution in [2.24, 2.45) is 5.73 Å².